The van der Waals surface area contributed by atoms with Crippen LogP contribution in [0.5, 0.6) is 0 Å². The van der Waals surface area contributed by atoms with Crippen LogP contribution in [0.2, 0.25) is 0 Å². The molecule has 0 radical (unpaired) electrons. The van der Waals surface area contributed by atoms with Gasteiger partial charge in [-0.05, 0) is 0 Å². The summed E-state index contributed by atoms with van der Waals surface area (Å²) in [5.41, 5.74) is 0. The maximum atomic E-state index is 8.74. The number of hydrogen-bond donors (Lipinski definition) is 4. The van der Waals surface area contributed by atoms with Crippen molar-refractivity contribution in [2.24, 2.45) is 0 Å². The van der Waals surface area contributed by atoms with E-state index in [0.717, 1.165) is 0 Å². The molecule has 50 valence electrons. The highest BCUT2D eigenvalue weighted by molar-refractivity contribution is 7.30. The summed E-state index contributed by atoms with van der Waals surface area (Å²) in [5.74, 6) is 0. The van der Waals surface area contributed by atoms with Crippen LogP contribution < -0.4 is 0 Å². The Hall–Kier alpha value is -0.580. The molecule has 0 amide bonds. The summed E-state index contributed by atoms with van der Waals surface area (Å²) in [6.07, 6.45) is -1.83. The Balaban J connectivity index is 0. The van der Waals surface area contributed by atoms with Crippen molar-refractivity contribution in [3.63, 3.8) is 0 Å². The van der Waals surface area contributed by atoms with Crippen molar-refractivity contribution in [1.82, 2.24) is 0 Å². The van der Waals surface area contributed by atoms with Gasteiger partial charge in [-0.15, -0.1) is 0 Å². The van der Waals surface area contributed by atoms with Crippen LogP contribution in [0.15, 0.2) is 0 Å². The summed E-state index contributed by atoms with van der Waals surface area (Å²) in [4.78, 5) is 22.9. The minimum Gasteiger partial charge on any atom is -0.450 e. The summed E-state index contributed by atoms with van der Waals surface area (Å²) < 4.78 is 8.74. The molecule has 0 aromatic heterocycles. The van der Waals surface area contributed by atoms with E-state index in [2.05, 4.69) is 0 Å². The van der Waals surface area contributed by atoms with Crippen molar-refractivity contribution < 1.29 is 29.4 Å². The van der Waals surface area contributed by atoms with Gasteiger partial charge in [0.25, 0.3) is 0 Å². The lowest BCUT2D eigenvalue weighted by Gasteiger charge is -1.61. The minimum atomic E-state index is -3.13. The van der Waals surface area contributed by atoms with Crippen molar-refractivity contribution in [2.75, 3.05) is 0 Å². The van der Waals surface area contributed by atoms with Crippen LogP contribution in [-0.4, -0.2) is 26.2 Å². The van der Waals surface area contributed by atoms with Gasteiger partial charge >= 0.3 is 14.4 Å². The summed E-state index contributed by atoms with van der Waals surface area (Å²) in [7, 11) is -3.13. The normalized spacial score (nSPS) is 7.38. The van der Waals surface area contributed by atoms with E-state index in [1.165, 1.54) is 0 Å². The van der Waals surface area contributed by atoms with Gasteiger partial charge in [-0.3, -0.25) is 4.57 Å². The van der Waals surface area contributed by atoms with Gasteiger partial charge in [-0.1, -0.05) is 0 Å². The van der Waals surface area contributed by atoms with Crippen LogP contribution in [0.4, 0.5) is 4.79 Å². The van der Waals surface area contributed by atoms with Gasteiger partial charge in [0.2, 0.25) is 0 Å². The fourth-order valence-corrected chi connectivity index (χ4v) is 0. The van der Waals surface area contributed by atoms with Gasteiger partial charge in [0, 0.05) is 0 Å². The lowest BCUT2D eigenvalue weighted by Crippen LogP contribution is -1.81. The van der Waals surface area contributed by atoms with E-state index in [9.17, 15) is 0 Å². The third kappa shape index (κ3) is 315. The molecule has 0 spiro atoms. The first-order chi connectivity index (χ1) is 3.46. The number of carboxylic acid groups (broad SMARTS) is 2. The van der Waals surface area contributed by atoms with Crippen LogP contribution >= 0.6 is 8.25 Å². The topological polar surface area (TPSA) is 115 Å². The lowest BCUT2D eigenvalue weighted by atomic mass is 11.5. The Labute approximate surface area is 45.0 Å². The van der Waals surface area contributed by atoms with Crippen LogP contribution in [-0.2, 0) is 4.57 Å². The Morgan fingerprint density at radius 1 is 1.25 bits per heavy atom. The second kappa shape index (κ2) is 6.42. The SMILES string of the molecule is O=C(O)O.O=[PH](O)O. The predicted molar refractivity (Wildman–Crippen MR) is 24.1 cm³/mol. The van der Waals surface area contributed by atoms with Gasteiger partial charge in [0.05, 0.1) is 0 Å². The standard InChI is InChI=1S/CH2O3.H3O3P/c2-1(3)4;1-4(2)3/h(H2,2,3,4);4H,(H2,1,2,3). The molecule has 7 heteroatoms. The van der Waals surface area contributed by atoms with E-state index in [1.54, 1.807) is 0 Å². The summed E-state index contributed by atoms with van der Waals surface area (Å²) in [6, 6.07) is 0. The van der Waals surface area contributed by atoms with Crippen molar-refractivity contribution >= 4 is 14.4 Å². The number of carbonyl (C=O) groups is 1. The average Bonchev–Trinajstić information content (AvgIpc) is 1.25. The van der Waals surface area contributed by atoms with E-state index < -0.39 is 14.4 Å². The number of hydrogen-bond acceptors (Lipinski definition) is 2. The molecule has 0 unspecified atom stereocenters. The molecule has 6 nitrogen and oxygen atoms in total. The fraction of sp³-hybridized carbons (Fsp3) is 0. The molecule has 0 fully saturated rings. The molecule has 0 aliphatic rings. The third-order valence-electron chi connectivity index (χ3n) is 0. The predicted octanol–water partition coefficient (Wildman–Crippen LogP) is -0.417. The second-order valence-electron chi connectivity index (χ2n) is 0.565. The van der Waals surface area contributed by atoms with Gasteiger partial charge < -0.3 is 20.0 Å². The van der Waals surface area contributed by atoms with Gasteiger partial charge in [-0.25, -0.2) is 4.79 Å². The molecule has 0 bridgehead atoms. The zero-order valence-corrected chi connectivity index (χ0v) is 4.61. The van der Waals surface area contributed by atoms with Gasteiger partial charge in [0.1, 0.15) is 0 Å². The van der Waals surface area contributed by atoms with Crippen LogP contribution in [0.3, 0.4) is 0 Å². The fourth-order valence-electron chi connectivity index (χ4n) is 0. The summed E-state index contributed by atoms with van der Waals surface area (Å²) >= 11 is 0. The van der Waals surface area contributed by atoms with E-state index in [-0.39, 0.29) is 0 Å². The molecule has 0 aromatic carbocycles. The quantitative estimate of drug-likeness (QED) is 0.343. The van der Waals surface area contributed by atoms with Crippen LogP contribution in [0.25, 0.3) is 0 Å². The Morgan fingerprint density at radius 2 is 1.25 bits per heavy atom. The molecule has 0 saturated carbocycles. The first-order valence-corrected chi connectivity index (χ1v) is 2.61. The zero-order chi connectivity index (χ0) is 7.15. The number of rotatable bonds is 0. The average molecular weight is 144 g/mol. The maximum Gasteiger partial charge on any atom is 0.503 e. The van der Waals surface area contributed by atoms with Crippen LogP contribution in [0, 0.1) is 0 Å². The molecular weight excluding hydrogens is 139 g/mol. The van der Waals surface area contributed by atoms with E-state index >= 15 is 0 Å². The first-order valence-electron chi connectivity index (χ1n) is 1.30. The largest absolute Gasteiger partial charge is 0.503 e. The monoisotopic (exact) mass is 144 g/mol. The molecule has 0 rings (SSSR count). The Morgan fingerprint density at radius 3 is 1.25 bits per heavy atom. The highest BCUT2D eigenvalue weighted by atomic mass is 31.1. The molecule has 0 saturated heterocycles. The first kappa shape index (κ1) is 10.4. The smallest absolute Gasteiger partial charge is 0.450 e. The molecule has 0 atom stereocenters. The molecule has 0 aromatic rings. The molecule has 4 N–H and O–H groups in total. The maximum absolute atomic E-state index is 8.74. The molecule has 0 heterocycles. The van der Waals surface area contributed by atoms with Crippen molar-refractivity contribution in [2.45, 2.75) is 0 Å². The Kier molecular flexibility index (Phi) is 8.35. The van der Waals surface area contributed by atoms with E-state index in [0.29, 0.717) is 0 Å². The van der Waals surface area contributed by atoms with E-state index in [1.807, 2.05) is 0 Å². The molecule has 0 aliphatic heterocycles. The highest BCUT2D eigenvalue weighted by Crippen LogP contribution is 1.98. The summed E-state index contributed by atoms with van der Waals surface area (Å²) in [6.45, 7) is 0. The van der Waals surface area contributed by atoms with Gasteiger partial charge in [-0.2, -0.15) is 0 Å². The van der Waals surface area contributed by atoms with Crippen molar-refractivity contribution in [3.05, 3.63) is 0 Å². The molecular formula is CH5O6P. The second-order valence-corrected chi connectivity index (χ2v) is 1.13. The third-order valence-corrected chi connectivity index (χ3v) is 0. The molecule has 0 aliphatic carbocycles. The summed E-state index contributed by atoms with van der Waals surface area (Å²) in [5, 5.41) is 13.9. The van der Waals surface area contributed by atoms with Crippen molar-refractivity contribution in [3.8, 4) is 0 Å². The van der Waals surface area contributed by atoms with Crippen LogP contribution in [0.1, 0.15) is 0 Å². The van der Waals surface area contributed by atoms with Crippen molar-refractivity contribution in [1.29, 1.82) is 0 Å². The molecule has 8 heavy (non-hydrogen) atoms. The minimum absolute atomic E-state index is 1.83. The highest BCUT2D eigenvalue weighted by Gasteiger charge is 1.70. The zero-order valence-electron chi connectivity index (χ0n) is 3.61. The van der Waals surface area contributed by atoms with Gasteiger partial charge in [0.15, 0.2) is 0 Å². The van der Waals surface area contributed by atoms with E-state index in [4.69, 9.17) is 29.4 Å². The Bertz CT molecular complexity index is 66.5. The lowest BCUT2D eigenvalue weighted by molar-refractivity contribution is 0.137.